The summed E-state index contributed by atoms with van der Waals surface area (Å²) in [5.74, 6) is -1.56. The van der Waals surface area contributed by atoms with E-state index in [1.807, 2.05) is 19.1 Å². The van der Waals surface area contributed by atoms with Crippen LogP contribution >= 0.6 is 0 Å². The highest BCUT2D eigenvalue weighted by Gasteiger charge is 2.25. The van der Waals surface area contributed by atoms with Crippen molar-refractivity contribution in [2.45, 2.75) is 13.0 Å². The van der Waals surface area contributed by atoms with E-state index < -0.39 is 16.7 Å². The highest BCUT2D eigenvalue weighted by molar-refractivity contribution is 6.39. The van der Waals surface area contributed by atoms with Crippen LogP contribution in [0.3, 0.4) is 0 Å². The van der Waals surface area contributed by atoms with Crippen LogP contribution in [-0.4, -0.2) is 66.3 Å². The zero-order chi connectivity index (χ0) is 22.4. The third-order valence-electron chi connectivity index (χ3n) is 5.44. The third-order valence-corrected chi connectivity index (χ3v) is 5.44. The van der Waals surface area contributed by atoms with Crippen molar-refractivity contribution in [3.05, 3.63) is 69.8 Å². The molecule has 9 nitrogen and oxygen atoms in total. The number of hydrogen-bond donors (Lipinski definition) is 2. The fourth-order valence-electron chi connectivity index (χ4n) is 3.50. The number of nitro groups is 1. The Morgan fingerprint density at radius 1 is 1.00 bits per heavy atom. The molecule has 1 fully saturated rings. The molecule has 0 radical (unpaired) electrons. The van der Waals surface area contributed by atoms with Crippen LogP contribution in [0.1, 0.15) is 17.2 Å². The molecule has 0 spiro atoms. The summed E-state index contributed by atoms with van der Waals surface area (Å²) in [5.41, 5.74) is 2.48. The second-order valence-electron chi connectivity index (χ2n) is 7.73. The number of carbonyl (C=O) groups is 2. The first-order valence-electron chi connectivity index (χ1n) is 10.2. The van der Waals surface area contributed by atoms with Crippen molar-refractivity contribution in [1.29, 1.82) is 0 Å². The second kappa shape index (κ2) is 10.1. The van der Waals surface area contributed by atoms with Gasteiger partial charge in [-0.25, -0.2) is 0 Å². The first kappa shape index (κ1) is 22.4. The largest absolute Gasteiger partial charge is 0.346 e. The Labute approximate surface area is 181 Å². The minimum absolute atomic E-state index is 0.0366. The van der Waals surface area contributed by atoms with Gasteiger partial charge >= 0.3 is 11.8 Å². The van der Waals surface area contributed by atoms with Crippen LogP contribution in [0.4, 0.5) is 11.4 Å². The van der Waals surface area contributed by atoms with Gasteiger partial charge in [0.1, 0.15) is 0 Å². The predicted octanol–water partition coefficient (Wildman–Crippen LogP) is 1.95. The summed E-state index contributed by atoms with van der Waals surface area (Å²) < 4.78 is 0. The van der Waals surface area contributed by atoms with Gasteiger partial charge in [-0.1, -0.05) is 29.8 Å². The van der Waals surface area contributed by atoms with Crippen molar-refractivity contribution in [1.82, 2.24) is 15.1 Å². The molecule has 0 aromatic heterocycles. The van der Waals surface area contributed by atoms with E-state index in [2.05, 4.69) is 39.6 Å². The lowest BCUT2D eigenvalue weighted by Gasteiger charge is -2.38. The molecule has 1 heterocycles. The summed E-state index contributed by atoms with van der Waals surface area (Å²) in [7, 11) is 2.09. The van der Waals surface area contributed by atoms with Gasteiger partial charge in [-0.3, -0.25) is 24.6 Å². The topological polar surface area (TPSA) is 108 Å². The normalized spacial score (nSPS) is 15.8. The van der Waals surface area contributed by atoms with Crippen LogP contribution in [0.25, 0.3) is 0 Å². The lowest BCUT2D eigenvalue weighted by atomic mass is 10.0. The average Bonchev–Trinajstić information content (AvgIpc) is 2.76. The van der Waals surface area contributed by atoms with Crippen molar-refractivity contribution < 1.29 is 14.5 Å². The van der Waals surface area contributed by atoms with Crippen LogP contribution in [-0.2, 0) is 9.59 Å². The van der Waals surface area contributed by atoms with Gasteiger partial charge < -0.3 is 15.5 Å². The third kappa shape index (κ3) is 6.09. The number of likely N-dealkylation sites (N-methyl/N-ethyl adjacent to an activating group) is 1. The maximum atomic E-state index is 12.4. The Balaban J connectivity index is 1.62. The Hall–Kier alpha value is -3.30. The molecule has 1 aliphatic heterocycles. The molecule has 0 bridgehead atoms. The number of rotatable bonds is 6. The fourth-order valence-corrected chi connectivity index (χ4v) is 3.50. The van der Waals surface area contributed by atoms with E-state index in [0.717, 1.165) is 37.3 Å². The monoisotopic (exact) mass is 425 g/mol. The molecule has 0 aliphatic carbocycles. The Morgan fingerprint density at radius 3 is 2.19 bits per heavy atom. The molecule has 0 unspecified atom stereocenters. The molecule has 1 atom stereocenters. The molecule has 2 N–H and O–H groups in total. The quantitative estimate of drug-likeness (QED) is 0.416. The van der Waals surface area contributed by atoms with Gasteiger partial charge in [0.05, 0.1) is 11.0 Å². The lowest BCUT2D eigenvalue weighted by Crippen LogP contribution is -2.49. The summed E-state index contributed by atoms with van der Waals surface area (Å²) in [6.45, 7) is 5.96. The highest BCUT2D eigenvalue weighted by Crippen LogP contribution is 2.22. The minimum atomic E-state index is -0.810. The molecule has 164 valence electrons. The number of hydrogen-bond acceptors (Lipinski definition) is 6. The molecule has 1 aliphatic rings. The minimum Gasteiger partial charge on any atom is -0.346 e. The van der Waals surface area contributed by atoms with Crippen LogP contribution < -0.4 is 10.6 Å². The number of nitrogens with zero attached hydrogens (tertiary/aromatic N) is 3. The molecule has 31 heavy (non-hydrogen) atoms. The molecule has 2 amide bonds. The molecular weight excluding hydrogens is 398 g/mol. The van der Waals surface area contributed by atoms with Gasteiger partial charge in [0.15, 0.2) is 0 Å². The van der Waals surface area contributed by atoms with Gasteiger partial charge in [-0.05, 0) is 31.7 Å². The Bertz CT molecular complexity index is 922. The van der Waals surface area contributed by atoms with E-state index >= 15 is 0 Å². The summed E-state index contributed by atoms with van der Waals surface area (Å²) in [6, 6.07) is 13.5. The number of benzene rings is 2. The van der Waals surface area contributed by atoms with Crippen molar-refractivity contribution in [2.75, 3.05) is 45.1 Å². The molecule has 1 saturated heterocycles. The number of anilines is 1. The summed E-state index contributed by atoms with van der Waals surface area (Å²) in [5, 5.41) is 15.9. The molecule has 9 heteroatoms. The van der Waals surface area contributed by atoms with Crippen LogP contribution in [0.5, 0.6) is 0 Å². The Morgan fingerprint density at radius 2 is 1.61 bits per heavy atom. The number of piperazine rings is 1. The fraction of sp³-hybridized carbons (Fsp3) is 0.364. The molecule has 2 aromatic rings. The SMILES string of the molecule is Cc1ccc([C@@H](CNC(=O)C(=O)Nc2ccc([N+](=O)[O-])cc2)N2CCN(C)CC2)cc1. The van der Waals surface area contributed by atoms with Crippen LogP contribution in [0, 0.1) is 17.0 Å². The van der Waals surface area contributed by atoms with Crippen molar-refractivity contribution in [3.63, 3.8) is 0 Å². The number of carbonyl (C=O) groups excluding carboxylic acids is 2. The van der Waals surface area contributed by atoms with Gasteiger partial charge in [0.2, 0.25) is 0 Å². The van der Waals surface area contributed by atoms with E-state index in [9.17, 15) is 19.7 Å². The van der Waals surface area contributed by atoms with Crippen LogP contribution in [0.15, 0.2) is 48.5 Å². The zero-order valence-electron chi connectivity index (χ0n) is 17.7. The zero-order valence-corrected chi connectivity index (χ0v) is 17.7. The van der Waals surface area contributed by atoms with Crippen molar-refractivity contribution in [3.8, 4) is 0 Å². The average molecular weight is 425 g/mol. The maximum absolute atomic E-state index is 12.4. The lowest BCUT2D eigenvalue weighted by molar-refractivity contribution is -0.384. The number of nitrogens with one attached hydrogen (secondary N) is 2. The molecule has 0 saturated carbocycles. The first-order valence-corrected chi connectivity index (χ1v) is 10.2. The van der Waals surface area contributed by atoms with E-state index in [1.165, 1.54) is 24.3 Å². The summed E-state index contributed by atoms with van der Waals surface area (Å²) in [4.78, 5) is 39.4. The number of non-ortho nitro benzene ring substituents is 1. The first-order chi connectivity index (χ1) is 14.8. The van der Waals surface area contributed by atoms with Crippen molar-refractivity contribution in [2.24, 2.45) is 0 Å². The van der Waals surface area contributed by atoms with Crippen LogP contribution in [0.2, 0.25) is 0 Å². The molecular formula is C22H27N5O4. The number of amides is 2. The van der Waals surface area contributed by atoms with Gasteiger partial charge in [-0.15, -0.1) is 0 Å². The van der Waals surface area contributed by atoms with Gasteiger partial charge in [-0.2, -0.15) is 0 Å². The predicted molar refractivity (Wildman–Crippen MR) is 118 cm³/mol. The molecule has 2 aromatic carbocycles. The van der Waals surface area contributed by atoms with Crippen molar-refractivity contribution >= 4 is 23.2 Å². The standard InChI is InChI=1S/C22H27N5O4/c1-16-3-5-17(6-4-16)20(26-13-11-25(2)12-14-26)15-23-21(28)22(29)24-18-7-9-19(10-8-18)27(30)31/h3-10,20H,11-15H2,1-2H3,(H,23,28)(H,24,29)/t20-/m1/s1. The second-order valence-corrected chi connectivity index (χ2v) is 7.73. The Kier molecular flexibility index (Phi) is 7.32. The maximum Gasteiger partial charge on any atom is 0.313 e. The van der Waals surface area contributed by atoms with E-state index in [4.69, 9.17) is 0 Å². The molecule has 3 rings (SSSR count). The smallest absolute Gasteiger partial charge is 0.313 e. The van der Waals surface area contributed by atoms with E-state index in [-0.39, 0.29) is 11.7 Å². The summed E-state index contributed by atoms with van der Waals surface area (Å²) in [6.07, 6.45) is 0. The van der Waals surface area contributed by atoms with E-state index in [1.54, 1.807) is 0 Å². The highest BCUT2D eigenvalue weighted by atomic mass is 16.6. The van der Waals surface area contributed by atoms with Gasteiger partial charge in [0.25, 0.3) is 5.69 Å². The van der Waals surface area contributed by atoms with E-state index in [0.29, 0.717) is 12.2 Å². The van der Waals surface area contributed by atoms with Gasteiger partial charge in [0, 0.05) is 50.5 Å². The summed E-state index contributed by atoms with van der Waals surface area (Å²) >= 11 is 0. The number of aryl methyl sites for hydroxylation is 1. The number of nitro benzene ring substituents is 1.